The molecule has 2 N–H and O–H groups in total. The number of unbranched alkanes of at least 4 members (excludes halogenated alkanes) is 2. The van der Waals surface area contributed by atoms with E-state index < -0.39 is 52.8 Å². The quantitative estimate of drug-likeness (QED) is 0.0996. The van der Waals surface area contributed by atoms with Gasteiger partial charge in [0.15, 0.2) is 11.5 Å². The zero-order valence-electron chi connectivity index (χ0n) is 30.9. The number of halogens is 1. The van der Waals surface area contributed by atoms with E-state index in [1.165, 1.54) is 16.9 Å². The zero-order valence-corrected chi connectivity index (χ0v) is 32.4. The number of carbonyl (C=O) groups is 5. The lowest BCUT2D eigenvalue weighted by Gasteiger charge is -2.49. The van der Waals surface area contributed by atoms with Crippen LogP contribution in [0.3, 0.4) is 0 Å². The predicted octanol–water partition coefficient (Wildman–Crippen LogP) is 6.85. The summed E-state index contributed by atoms with van der Waals surface area (Å²) in [5, 5.41) is 26.4. The van der Waals surface area contributed by atoms with E-state index in [9.17, 15) is 24.3 Å². The molecule has 2 aromatic heterocycles. The summed E-state index contributed by atoms with van der Waals surface area (Å²) in [6, 6.07) is 12.4. The van der Waals surface area contributed by atoms with E-state index >= 15 is 4.79 Å². The monoisotopic (exact) mass is 784 g/mol. The number of aryl methyl sites for hydroxylation is 2. The number of phenols is 1. The Hall–Kier alpha value is -5.01. The van der Waals surface area contributed by atoms with Gasteiger partial charge in [-0.05, 0) is 92.3 Å². The van der Waals surface area contributed by atoms with Crippen LogP contribution in [0.15, 0.2) is 54.1 Å². The molecule has 8 rings (SSSR count). The maximum absolute atomic E-state index is 15.1. The number of amides is 4. The minimum atomic E-state index is -1.31. The number of hydrogen-bond donors (Lipinski definition) is 2. The molecule has 4 aromatic rings. The van der Waals surface area contributed by atoms with Crippen LogP contribution in [0.1, 0.15) is 62.5 Å². The standard InChI is InChI=1S/C41H41ClN4O8S/c1-20-25-17-22(42)10-14-31(25)55-36(20)28-19-32(44(3)43-28)46-38(51)27-18-26-23(35(41(27,2)40(46)53)21-9-13-30(54-4)29(47)16-21)11-12-24-34(26)39(52)45(37(24)50)15-7-5-6-8-33(48)49/h9-11,13-14,16-17,19,24,26-27,34-35,47H,5-8,12,15,18H2,1-4H3,(H,48,49)/t24-,26+,27-,34-,35-,41+/m0/s1. The van der Waals surface area contributed by atoms with Gasteiger partial charge in [-0.2, -0.15) is 5.10 Å². The Bertz CT molecular complexity index is 2350. The summed E-state index contributed by atoms with van der Waals surface area (Å²) in [5.74, 6) is -5.18. The van der Waals surface area contributed by atoms with E-state index in [0.29, 0.717) is 47.8 Å². The van der Waals surface area contributed by atoms with Crippen LogP contribution in [-0.2, 0) is 31.0 Å². The Balaban J connectivity index is 1.18. The normalized spacial score (nSPS) is 26.1. The van der Waals surface area contributed by atoms with E-state index in [-0.39, 0.29) is 42.7 Å². The fourth-order valence-electron chi connectivity index (χ4n) is 9.72. The smallest absolute Gasteiger partial charge is 0.303 e. The summed E-state index contributed by atoms with van der Waals surface area (Å²) < 4.78 is 7.91. The third-order valence-electron chi connectivity index (χ3n) is 12.4. The first-order chi connectivity index (χ1) is 26.3. The van der Waals surface area contributed by atoms with Gasteiger partial charge in [0.25, 0.3) is 0 Å². The number of anilines is 1. The van der Waals surface area contributed by atoms with Crippen molar-refractivity contribution in [2.45, 2.75) is 58.3 Å². The second-order valence-electron chi connectivity index (χ2n) is 15.3. The third kappa shape index (κ3) is 5.68. The van der Waals surface area contributed by atoms with Gasteiger partial charge in [0, 0.05) is 41.7 Å². The lowest BCUT2D eigenvalue weighted by molar-refractivity contribution is -0.141. The Kier molecular flexibility index (Phi) is 9.15. The van der Waals surface area contributed by atoms with Crippen molar-refractivity contribution in [3.8, 4) is 22.1 Å². The molecule has 2 aliphatic heterocycles. The van der Waals surface area contributed by atoms with Gasteiger partial charge >= 0.3 is 5.97 Å². The van der Waals surface area contributed by atoms with Crippen molar-refractivity contribution >= 4 is 68.4 Å². The van der Waals surface area contributed by atoms with Crippen LogP contribution in [0, 0.1) is 36.0 Å². The van der Waals surface area contributed by atoms with Crippen molar-refractivity contribution < 1.29 is 38.9 Å². The van der Waals surface area contributed by atoms with Crippen LogP contribution in [0.25, 0.3) is 20.7 Å². The Labute approximate surface area is 326 Å². The van der Waals surface area contributed by atoms with E-state index in [1.54, 1.807) is 54.3 Å². The fourth-order valence-corrected chi connectivity index (χ4v) is 11.0. The highest BCUT2D eigenvalue weighted by atomic mass is 35.5. The highest BCUT2D eigenvalue weighted by Crippen LogP contribution is 2.64. The molecular weight excluding hydrogens is 744 g/mol. The molecule has 1 saturated carbocycles. The molecule has 286 valence electrons. The number of benzene rings is 2. The largest absolute Gasteiger partial charge is 0.504 e. The maximum atomic E-state index is 15.1. The first-order valence-electron chi connectivity index (χ1n) is 18.5. The summed E-state index contributed by atoms with van der Waals surface area (Å²) in [5.41, 5.74) is 1.70. The molecule has 4 heterocycles. The number of aromatic nitrogens is 2. The van der Waals surface area contributed by atoms with Crippen LogP contribution in [-0.4, -0.2) is 68.1 Å². The number of aromatic hydroxyl groups is 1. The molecule has 0 unspecified atom stereocenters. The predicted molar refractivity (Wildman–Crippen MR) is 206 cm³/mol. The maximum Gasteiger partial charge on any atom is 0.303 e. The fraction of sp³-hybridized carbons (Fsp3) is 0.415. The molecule has 3 fully saturated rings. The molecule has 14 heteroatoms. The summed E-state index contributed by atoms with van der Waals surface area (Å²) in [7, 11) is 3.15. The number of imide groups is 2. The number of thiophene rings is 1. The zero-order chi connectivity index (χ0) is 39.1. The Morgan fingerprint density at radius 3 is 2.55 bits per heavy atom. The van der Waals surface area contributed by atoms with E-state index in [1.807, 2.05) is 31.2 Å². The summed E-state index contributed by atoms with van der Waals surface area (Å²) in [6.07, 6.45) is 3.99. The molecule has 2 aromatic carbocycles. The Morgan fingerprint density at radius 1 is 1.04 bits per heavy atom. The SMILES string of the molecule is COc1ccc([C@H]2C3=CC[C@@H]4C(=O)N(CCCCCC(=O)O)C(=O)[C@@H]4[C@@H]3C[C@H]3C(=O)N(c4cc(-c5sc6ccc(Cl)cc6c5C)nn4C)C(=O)[C@@]23C)cc1O. The highest BCUT2D eigenvalue weighted by molar-refractivity contribution is 7.22. The second-order valence-corrected chi connectivity index (χ2v) is 16.8. The number of carboxylic acids is 1. The third-order valence-corrected chi connectivity index (χ3v) is 13.9. The van der Waals surface area contributed by atoms with Gasteiger partial charge in [-0.3, -0.25) is 33.6 Å². The Morgan fingerprint density at radius 2 is 1.82 bits per heavy atom. The minimum absolute atomic E-state index is 0.0227. The number of rotatable bonds is 10. The molecule has 0 bridgehead atoms. The van der Waals surface area contributed by atoms with Crippen LogP contribution in [0.2, 0.25) is 5.02 Å². The van der Waals surface area contributed by atoms with Crippen LogP contribution in [0.4, 0.5) is 5.82 Å². The molecule has 12 nitrogen and oxygen atoms in total. The van der Waals surface area contributed by atoms with Gasteiger partial charge in [0.05, 0.1) is 35.2 Å². The summed E-state index contributed by atoms with van der Waals surface area (Å²) >= 11 is 7.86. The molecule has 2 saturated heterocycles. The molecular formula is C41H41ClN4O8S. The number of nitrogens with zero attached hydrogens (tertiary/aromatic N) is 4. The topological polar surface area (TPSA) is 159 Å². The molecule has 4 amide bonds. The average molecular weight is 785 g/mol. The molecule has 2 aliphatic carbocycles. The van der Waals surface area contributed by atoms with Crippen molar-refractivity contribution in [3.05, 3.63) is 70.3 Å². The molecule has 55 heavy (non-hydrogen) atoms. The molecule has 0 spiro atoms. The van der Waals surface area contributed by atoms with Gasteiger partial charge in [-0.1, -0.05) is 35.7 Å². The van der Waals surface area contributed by atoms with Crippen molar-refractivity contribution in [2.75, 3.05) is 18.6 Å². The van der Waals surface area contributed by atoms with E-state index in [2.05, 4.69) is 0 Å². The van der Waals surface area contributed by atoms with Crippen LogP contribution >= 0.6 is 22.9 Å². The number of carboxylic acid groups (broad SMARTS) is 1. The first kappa shape index (κ1) is 36.9. The number of carbonyl (C=O) groups excluding carboxylic acids is 4. The van der Waals surface area contributed by atoms with Crippen molar-refractivity contribution in [3.63, 3.8) is 0 Å². The van der Waals surface area contributed by atoms with Crippen molar-refractivity contribution in [2.24, 2.45) is 36.1 Å². The average Bonchev–Trinajstić information content (AvgIpc) is 3.81. The number of likely N-dealkylation sites (tertiary alicyclic amines) is 1. The number of fused-ring (bicyclic) bond motifs is 5. The molecule has 4 aliphatic rings. The lowest BCUT2D eigenvalue weighted by Crippen LogP contribution is -2.48. The number of phenolic OH excluding ortho intramolecular Hbond substituents is 1. The second kappa shape index (κ2) is 13.6. The first-order valence-corrected chi connectivity index (χ1v) is 19.7. The van der Waals surface area contributed by atoms with E-state index in [4.69, 9.17) is 26.5 Å². The van der Waals surface area contributed by atoms with Gasteiger partial charge in [0.2, 0.25) is 23.6 Å². The molecule has 6 atom stereocenters. The number of allylic oxidation sites excluding steroid dienone is 2. The van der Waals surface area contributed by atoms with Gasteiger partial charge in [-0.15, -0.1) is 11.3 Å². The number of hydrogen-bond acceptors (Lipinski definition) is 9. The summed E-state index contributed by atoms with van der Waals surface area (Å²) in [4.78, 5) is 72.3. The number of methoxy groups -OCH3 is 1. The lowest BCUT2D eigenvalue weighted by atomic mass is 9.51. The minimum Gasteiger partial charge on any atom is -0.504 e. The molecule has 0 radical (unpaired) electrons. The van der Waals surface area contributed by atoms with E-state index in [0.717, 1.165) is 26.1 Å². The van der Waals surface area contributed by atoms with Gasteiger partial charge in [0.1, 0.15) is 11.5 Å². The highest BCUT2D eigenvalue weighted by Gasteiger charge is 2.68. The van der Waals surface area contributed by atoms with Gasteiger partial charge < -0.3 is 14.9 Å². The number of aliphatic carboxylic acids is 1. The van der Waals surface area contributed by atoms with Crippen molar-refractivity contribution in [1.82, 2.24) is 14.7 Å². The summed E-state index contributed by atoms with van der Waals surface area (Å²) in [6.45, 7) is 3.99. The van der Waals surface area contributed by atoms with Crippen LogP contribution in [0.5, 0.6) is 11.5 Å². The van der Waals surface area contributed by atoms with Gasteiger partial charge in [-0.25, -0.2) is 4.90 Å². The number of ether oxygens (including phenoxy) is 1. The van der Waals surface area contributed by atoms with Crippen molar-refractivity contribution in [1.29, 1.82) is 0 Å². The van der Waals surface area contributed by atoms with Crippen LogP contribution < -0.4 is 9.64 Å².